The summed E-state index contributed by atoms with van der Waals surface area (Å²) in [6.45, 7) is 3.75. The summed E-state index contributed by atoms with van der Waals surface area (Å²) in [6, 6.07) is 5.41. The molecule has 0 amide bonds. The van der Waals surface area contributed by atoms with Crippen molar-refractivity contribution in [3.63, 3.8) is 0 Å². The van der Waals surface area contributed by atoms with E-state index in [9.17, 15) is 13.2 Å². The average Bonchev–Trinajstić information content (AvgIpc) is 2.74. The Kier molecular flexibility index (Phi) is 3.64. The molecule has 100 valence electrons. The molecule has 18 heavy (non-hydrogen) atoms. The monoisotopic (exact) mass is 259 g/mol. The second-order valence-electron chi connectivity index (χ2n) is 4.91. The summed E-state index contributed by atoms with van der Waals surface area (Å²) in [5.41, 5.74) is -0.0959. The van der Waals surface area contributed by atoms with E-state index in [1.807, 2.05) is 6.92 Å². The van der Waals surface area contributed by atoms with Crippen molar-refractivity contribution in [1.82, 2.24) is 5.32 Å². The highest BCUT2D eigenvalue weighted by Gasteiger charge is 2.31. The van der Waals surface area contributed by atoms with Crippen molar-refractivity contribution in [2.75, 3.05) is 13.2 Å². The number of nitrogens with one attached hydrogen (secondary N) is 1. The standard InChI is InChI=1S/C13H16F3NO/c1-12(5-6-18-9-12)17-8-10-3-2-4-11(7-10)13(14,15)16/h2-4,7,17H,5-6,8-9H2,1H3. The van der Waals surface area contributed by atoms with Gasteiger partial charge in [0.05, 0.1) is 12.2 Å². The van der Waals surface area contributed by atoms with E-state index in [4.69, 9.17) is 4.74 Å². The lowest BCUT2D eigenvalue weighted by Crippen LogP contribution is -2.42. The highest BCUT2D eigenvalue weighted by Crippen LogP contribution is 2.29. The molecule has 0 saturated carbocycles. The predicted octanol–water partition coefficient (Wildman–Crippen LogP) is 2.97. The van der Waals surface area contributed by atoms with Crippen LogP contribution in [0.4, 0.5) is 13.2 Å². The van der Waals surface area contributed by atoms with Gasteiger partial charge in [-0.15, -0.1) is 0 Å². The van der Waals surface area contributed by atoms with Gasteiger partial charge in [0.2, 0.25) is 0 Å². The quantitative estimate of drug-likeness (QED) is 0.901. The number of benzene rings is 1. The molecule has 1 aliphatic heterocycles. The zero-order valence-electron chi connectivity index (χ0n) is 10.2. The van der Waals surface area contributed by atoms with Crippen LogP contribution < -0.4 is 5.32 Å². The van der Waals surface area contributed by atoms with Gasteiger partial charge in [-0.05, 0) is 25.0 Å². The average molecular weight is 259 g/mol. The summed E-state index contributed by atoms with van der Waals surface area (Å²) in [4.78, 5) is 0. The molecule has 2 rings (SSSR count). The first-order valence-corrected chi connectivity index (χ1v) is 5.88. The van der Waals surface area contributed by atoms with E-state index in [0.29, 0.717) is 25.3 Å². The smallest absolute Gasteiger partial charge is 0.379 e. The lowest BCUT2D eigenvalue weighted by atomic mass is 10.0. The Labute approximate surface area is 104 Å². The minimum absolute atomic E-state index is 0.131. The first-order chi connectivity index (χ1) is 8.39. The van der Waals surface area contributed by atoms with Crippen molar-refractivity contribution in [1.29, 1.82) is 0 Å². The molecule has 5 heteroatoms. The number of alkyl halides is 3. The molecule has 1 fully saturated rings. The lowest BCUT2D eigenvalue weighted by molar-refractivity contribution is -0.137. The molecular formula is C13H16F3NO. The Morgan fingerprint density at radius 1 is 1.39 bits per heavy atom. The van der Waals surface area contributed by atoms with Crippen LogP contribution in [0.1, 0.15) is 24.5 Å². The fraction of sp³-hybridized carbons (Fsp3) is 0.538. The van der Waals surface area contributed by atoms with Crippen molar-refractivity contribution in [2.45, 2.75) is 31.6 Å². The van der Waals surface area contributed by atoms with Crippen molar-refractivity contribution < 1.29 is 17.9 Å². The number of halogens is 3. The molecule has 1 N–H and O–H groups in total. The van der Waals surface area contributed by atoms with Crippen molar-refractivity contribution in [2.24, 2.45) is 0 Å². The first-order valence-electron chi connectivity index (χ1n) is 5.88. The molecule has 1 saturated heterocycles. The van der Waals surface area contributed by atoms with Gasteiger partial charge in [-0.3, -0.25) is 0 Å². The molecule has 0 bridgehead atoms. The van der Waals surface area contributed by atoms with Gasteiger partial charge in [0.25, 0.3) is 0 Å². The van der Waals surface area contributed by atoms with Gasteiger partial charge in [0.1, 0.15) is 0 Å². The first kappa shape index (κ1) is 13.4. The molecule has 1 heterocycles. The molecule has 0 aliphatic carbocycles. The Hall–Kier alpha value is -1.07. The second kappa shape index (κ2) is 4.90. The number of hydrogen-bond donors (Lipinski definition) is 1. The Bertz CT molecular complexity index is 411. The van der Waals surface area contributed by atoms with Gasteiger partial charge in [0.15, 0.2) is 0 Å². The maximum atomic E-state index is 12.5. The lowest BCUT2D eigenvalue weighted by Gasteiger charge is -2.23. The molecule has 2 nitrogen and oxygen atoms in total. The third-order valence-electron chi connectivity index (χ3n) is 3.19. The maximum Gasteiger partial charge on any atom is 0.416 e. The normalized spacial score (nSPS) is 24.4. The fourth-order valence-electron chi connectivity index (χ4n) is 1.98. The van der Waals surface area contributed by atoms with Gasteiger partial charge in [-0.1, -0.05) is 18.2 Å². The summed E-state index contributed by atoms with van der Waals surface area (Å²) in [5, 5.41) is 3.26. The van der Waals surface area contributed by atoms with Gasteiger partial charge < -0.3 is 10.1 Å². The molecule has 1 aliphatic rings. The molecule has 0 spiro atoms. The van der Waals surface area contributed by atoms with Crippen molar-refractivity contribution in [3.05, 3.63) is 35.4 Å². The topological polar surface area (TPSA) is 21.3 Å². The Morgan fingerprint density at radius 2 is 2.17 bits per heavy atom. The van der Waals surface area contributed by atoms with Crippen LogP contribution >= 0.6 is 0 Å². The third kappa shape index (κ3) is 3.23. The van der Waals surface area contributed by atoms with Gasteiger partial charge >= 0.3 is 6.18 Å². The van der Waals surface area contributed by atoms with Gasteiger partial charge in [-0.2, -0.15) is 13.2 Å². The van der Waals surface area contributed by atoms with E-state index < -0.39 is 11.7 Å². The SMILES string of the molecule is CC1(NCc2cccc(C(F)(F)F)c2)CCOC1. The number of ether oxygens (including phenoxy) is 1. The highest BCUT2D eigenvalue weighted by molar-refractivity contribution is 5.25. The molecular weight excluding hydrogens is 243 g/mol. The Balaban J connectivity index is 2.01. The van der Waals surface area contributed by atoms with Crippen LogP contribution in [0, 0.1) is 0 Å². The maximum absolute atomic E-state index is 12.5. The van der Waals surface area contributed by atoms with Crippen LogP contribution in [0.15, 0.2) is 24.3 Å². The van der Waals surface area contributed by atoms with Crippen LogP contribution in [0.5, 0.6) is 0 Å². The minimum Gasteiger partial charge on any atom is -0.379 e. The van der Waals surface area contributed by atoms with E-state index >= 15 is 0 Å². The molecule has 1 unspecified atom stereocenters. The van der Waals surface area contributed by atoms with E-state index in [2.05, 4.69) is 5.32 Å². The summed E-state index contributed by atoms with van der Waals surface area (Å²) < 4.78 is 42.9. The molecule has 1 aromatic carbocycles. The van der Waals surface area contributed by atoms with Gasteiger partial charge in [0, 0.05) is 18.7 Å². The van der Waals surface area contributed by atoms with Crippen molar-refractivity contribution in [3.8, 4) is 0 Å². The van der Waals surface area contributed by atoms with E-state index in [1.165, 1.54) is 12.1 Å². The minimum atomic E-state index is -4.28. The van der Waals surface area contributed by atoms with Crippen LogP contribution in [0.2, 0.25) is 0 Å². The fourth-order valence-corrected chi connectivity index (χ4v) is 1.98. The van der Waals surface area contributed by atoms with Crippen LogP contribution in [0.25, 0.3) is 0 Å². The van der Waals surface area contributed by atoms with E-state index in [0.717, 1.165) is 12.5 Å². The van der Waals surface area contributed by atoms with Crippen LogP contribution in [0.3, 0.4) is 0 Å². The summed E-state index contributed by atoms with van der Waals surface area (Å²) in [6.07, 6.45) is -3.40. The third-order valence-corrected chi connectivity index (χ3v) is 3.19. The summed E-state index contributed by atoms with van der Waals surface area (Å²) in [5.74, 6) is 0. The molecule has 1 aromatic rings. The largest absolute Gasteiger partial charge is 0.416 e. The number of hydrogen-bond acceptors (Lipinski definition) is 2. The van der Waals surface area contributed by atoms with Crippen LogP contribution in [-0.4, -0.2) is 18.8 Å². The summed E-state index contributed by atoms with van der Waals surface area (Å²) in [7, 11) is 0. The summed E-state index contributed by atoms with van der Waals surface area (Å²) >= 11 is 0. The van der Waals surface area contributed by atoms with Gasteiger partial charge in [-0.25, -0.2) is 0 Å². The van der Waals surface area contributed by atoms with Crippen molar-refractivity contribution >= 4 is 0 Å². The number of rotatable bonds is 3. The Morgan fingerprint density at radius 3 is 2.78 bits per heavy atom. The van der Waals surface area contributed by atoms with Crippen LogP contribution in [-0.2, 0) is 17.5 Å². The molecule has 0 radical (unpaired) electrons. The zero-order chi connectivity index (χ0) is 13.2. The second-order valence-corrected chi connectivity index (χ2v) is 4.91. The van der Waals surface area contributed by atoms with E-state index in [-0.39, 0.29) is 5.54 Å². The molecule has 0 aromatic heterocycles. The molecule has 1 atom stereocenters. The highest BCUT2D eigenvalue weighted by atomic mass is 19.4. The van der Waals surface area contributed by atoms with E-state index in [1.54, 1.807) is 6.07 Å². The predicted molar refractivity (Wildman–Crippen MR) is 62.1 cm³/mol. The zero-order valence-corrected chi connectivity index (χ0v) is 10.2.